The Labute approximate surface area is 112 Å². The van der Waals surface area contributed by atoms with E-state index in [0.717, 1.165) is 5.56 Å². The molecule has 0 aromatic heterocycles. The van der Waals surface area contributed by atoms with Gasteiger partial charge in [-0.3, -0.25) is 0 Å². The lowest BCUT2D eigenvalue weighted by Crippen LogP contribution is -2.33. The number of fused-ring (bicyclic) bond motifs is 1. The maximum absolute atomic E-state index is 9.00. The monoisotopic (exact) mass is 243 g/mol. The number of nitriles is 1. The lowest BCUT2D eigenvalue weighted by atomic mass is 9.65. The Kier molecular flexibility index (Phi) is 4.96. The van der Waals surface area contributed by atoms with Crippen LogP contribution in [0.4, 0.5) is 0 Å². The zero-order valence-corrected chi connectivity index (χ0v) is 12.4. The van der Waals surface area contributed by atoms with Gasteiger partial charge in [-0.25, -0.2) is 0 Å². The minimum atomic E-state index is 0.250. The van der Waals surface area contributed by atoms with E-state index in [1.165, 1.54) is 30.4 Å². The average molecular weight is 243 g/mol. The van der Waals surface area contributed by atoms with Gasteiger partial charge in [-0.1, -0.05) is 40.7 Å². The van der Waals surface area contributed by atoms with Crippen LogP contribution in [0, 0.1) is 17.2 Å². The normalized spacial score (nSPS) is 21.6. The van der Waals surface area contributed by atoms with Crippen LogP contribution >= 0.6 is 0 Å². The fourth-order valence-electron chi connectivity index (χ4n) is 2.78. The molecule has 0 aliphatic heterocycles. The second-order valence-corrected chi connectivity index (χ2v) is 5.41. The minimum Gasteiger partial charge on any atom is -0.192 e. The van der Waals surface area contributed by atoms with E-state index in [1.807, 2.05) is 19.9 Å². The van der Waals surface area contributed by atoms with Gasteiger partial charge in [0.05, 0.1) is 11.6 Å². The molecule has 0 fully saturated rings. The van der Waals surface area contributed by atoms with E-state index >= 15 is 0 Å². The van der Waals surface area contributed by atoms with Crippen LogP contribution in [0.1, 0.15) is 64.2 Å². The molecule has 0 bridgehead atoms. The summed E-state index contributed by atoms with van der Waals surface area (Å²) in [6, 6.07) is 8.46. The molecule has 98 valence electrons. The quantitative estimate of drug-likeness (QED) is 0.692. The van der Waals surface area contributed by atoms with Gasteiger partial charge in [-0.05, 0) is 53.9 Å². The average Bonchev–Trinajstić information content (AvgIpc) is 2.41. The second-order valence-electron chi connectivity index (χ2n) is 5.41. The highest BCUT2D eigenvalue weighted by atomic mass is 14.4. The predicted octanol–water partition coefficient (Wildman–Crippen LogP) is 4.83. The number of rotatable bonds is 1. The van der Waals surface area contributed by atoms with Crippen molar-refractivity contribution in [1.29, 1.82) is 5.26 Å². The number of benzene rings is 1. The molecule has 1 heteroatoms. The molecule has 0 heterocycles. The molecule has 1 atom stereocenters. The third kappa shape index (κ3) is 2.58. The van der Waals surface area contributed by atoms with Crippen molar-refractivity contribution in [3.63, 3.8) is 0 Å². The number of hydrogen-bond donors (Lipinski definition) is 0. The number of hydrogen-bond acceptors (Lipinski definition) is 1. The lowest BCUT2D eigenvalue weighted by molar-refractivity contribution is 0.290. The van der Waals surface area contributed by atoms with Crippen LogP contribution in [0.5, 0.6) is 0 Å². The van der Waals surface area contributed by atoms with Gasteiger partial charge in [0.15, 0.2) is 0 Å². The van der Waals surface area contributed by atoms with Crippen molar-refractivity contribution < 1.29 is 0 Å². The molecule has 1 aliphatic carbocycles. The van der Waals surface area contributed by atoms with E-state index in [1.54, 1.807) is 0 Å². The van der Waals surface area contributed by atoms with Gasteiger partial charge < -0.3 is 0 Å². The van der Waals surface area contributed by atoms with Crippen molar-refractivity contribution in [1.82, 2.24) is 0 Å². The van der Waals surface area contributed by atoms with E-state index in [-0.39, 0.29) is 5.41 Å². The van der Waals surface area contributed by atoms with E-state index in [2.05, 4.69) is 39.0 Å². The first-order chi connectivity index (χ1) is 8.58. The van der Waals surface area contributed by atoms with Crippen LogP contribution < -0.4 is 0 Å². The van der Waals surface area contributed by atoms with Gasteiger partial charge in [0.25, 0.3) is 0 Å². The molecule has 0 spiro atoms. The Balaban J connectivity index is 0.000000771. The summed E-state index contributed by atoms with van der Waals surface area (Å²) in [4.78, 5) is 0. The summed E-state index contributed by atoms with van der Waals surface area (Å²) in [6.45, 7) is 10.9. The smallest absolute Gasteiger partial charge is 0.0991 e. The first-order valence-corrected chi connectivity index (χ1v) is 7.11. The summed E-state index contributed by atoms with van der Waals surface area (Å²) < 4.78 is 0. The van der Waals surface area contributed by atoms with Crippen LogP contribution in [0.25, 0.3) is 0 Å². The molecule has 0 N–H and O–H groups in total. The summed E-state index contributed by atoms with van der Waals surface area (Å²) in [5, 5.41) is 9.00. The fourth-order valence-corrected chi connectivity index (χ4v) is 2.78. The van der Waals surface area contributed by atoms with Crippen LogP contribution in [-0.2, 0) is 11.8 Å². The minimum absolute atomic E-state index is 0.250. The van der Waals surface area contributed by atoms with Gasteiger partial charge in [0.1, 0.15) is 0 Å². The molecule has 1 aromatic carbocycles. The summed E-state index contributed by atoms with van der Waals surface area (Å²) in [6.07, 6.45) is 3.68. The summed E-state index contributed by atoms with van der Waals surface area (Å²) in [7, 11) is 0. The highest BCUT2D eigenvalue weighted by Crippen LogP contribution is 2.42. The SMILES string of the molecule is CC.CC(C)C1(C)CCCc2ccc(C#N)cc21. The summed E-state index contributed by atoms with van der Waals surface area (Å²) in [5.74, 6) is 0.625. The van der Waals surface area contributed by atoms with Gasteiger partial charge in [0, 0.05) is 0 Å². The molecule has 1 unspecified atom stereocenters. The van der Waals surface area contributed by atoms with Crippen LogP contribution in [0.2, 0.25) is 0 Å². The van der Waals surface area contributed by atoms with Crippen molar-refractivity contribution >= 4 is 0 Å². The highest BCUT2D eigenvalue weighted by Gasteiger charge is 2.34. The fraction of sp³-hybridized carbons (Fsp3) is 0.588. The van der Waals surface area contributed by atoms with Crippen molar-refractivity contribution in [2.75, 3.05) is 0 Å². The molecule has 0 saturated carbocycles. The van der Waals surface area contributed by atoms with Crippen molar-refractivity contribution in [2.24, 2.45) is 5.92 Å². The zero-order chi connectivity index (χ0) is 13.8. The largest absolute Gasteiger partial charge is 0.192 e. The van der Waals surface area contributed by atoms with E-state index in [4.69, 9.17) is 5.26 Å². The Morgan fingerprint density at radius 2 is 1.94 bits per heavy atom. The Bertz CT molecular complexity index is 439. The highest BCUT2D eigenvalue weighted by molar-refractivity contribution is 5.43. The first-order valence-electron chi connectivity index (χ1n) is 7.11. The van der Waals surface area contributed by atoms with Crippen LogP contribution in [0.15, 0.2) is 18.2 Å². The van der Waals surface area contributed by atoms with Gasteiger partial charge in [0.2, 0.25) is 0 Å². The molecule has 0 amide bonds. The molecular weight excluding hydrogens is 218 g/mol. The van der Waals surface area contributed by atoms with Gasteiger partial charge >= 0.3 is 0 Å². The van der Waals surface area contributed by atoms with Crippen LogP contribution in [0.3, 0.4) is 0 Å². The maximum Gasteiger partial charge on any atom is 0.0991 e. The Hall–Kier alpha value is -1.29. The molecule has 1 aliphatic rings. The second kappa shape index (κ2) is 6.05. The molecule has 0 saturated heterocycles. The molecule has 1 aromatic rings. The first kappa shape index (κ1) is 14.8. The van der Waals surface area contributed by atoms with Gasteiger partial charge in [-0.15, -0.1) is 0 Å². The summed E-state index contributed by atoms with van der Waals surface area (Å²) in [5.41, 5.74) is 3.90. The lowest BCUT2D eigenvalue weighted by Gasteiger charge is -2.39. The standard InChI is InChI=1S/C15H19N.C2H6/c1-11(2)15(3)8-4-5-13-7-6-12(10-16)9-14(13)15;1-2/h6-7,9,11H,4-5,8H2,1-3H3;1-2H3. The number of aryl methyl sites for hydroxylation is 1. The Morgan fingerprint density at radius 1 is 1.28 bits per heavy atom. The van der Waals surface area contributed by atoms with E-state index < -0.39 is 0 Å². The summed E-state index contributed by atoms with van der Waals surface area (Å²) >= 11 is 0. The van der Waals surface area contributed by atoms with Gasteiger partial charge in [-0.2, -0.15) is 5.26 Å². The third-order valence-corrected chi connectivity index (χ3v) is 4.27. The maximum atomic E-state index is 9.00. The number of nitrogens with zero attached hydrogens (tertiary/aromatic N) is 1. The van der Waals surface area contributed by atoms with Crippen molar-refractivity contribution in [3.8, 4) is 6.07 Å². The zero-order valence-electron chi connectivity index (χ0n) is 12.4. The third-order valence-electron chi connectivity index (χ3n) is 4.27. The van der Waals surface area contributed by atoms with Crippen molar-refractivity contribution in [2.45, 2.75) is 59.3 Å². The molecular formula is C17H25N. The topological polar surface area (TPSA) is 23.8 Å². The van der Waals surface area contributed by atoms with E-state index in [0.29, 0.717) is 5.92 Å². The Morgan fingerprint density at radius 3 is 2.50 bits per heavy atom. The van der Waals surface area contributed by atoms with Crippen LogP contribution in [-0.4, -0.2) is 0 Å². The van der Waals surface area contributed by atoms with Crippen molar-refractivity contribution in [3.05, 3.63) is 34.9 Å². The predicted molar refractivity (Wildman–Crippen MR) is 77.6 cm³/mol. The molecule has 1 nitrogen and oxygen atoms in total. The molecule has 0 radical (unpaired) electrons. The molecule has 2 rings (SSSR count). The van der Waals surface area contributed by atoms with E-state index in [9.17, 15) is 0 Å². The molecule has 18 heavy (non-hydrogen) atoms.